The Bertz CT molecular complexity index is 430. The molecule has 1 aromatic rings. The Labute approximate surface area is 114 Å². The fourth-order valence-electron chi connectivity index (χ4n) is 2.98. The zero-order chi connectivity index (χ0) is 13.1. The standard InChI is InChI=1S/C15H22N2O2/c16-17-14(10-13-3-1-2-7-18-13)11-4-5-15-12(9-11)6-8-19-15/h4-5,9,13-14,17H,1-3,6-8,10,16H2. The van der Waals surface area contributed by atoms with Crippen LogP contribution >= 0.6 is 0 Å². The summed E-state index contributed by atoms with van der Waals surface area (Å²) in [7, 11) is 0. The first-order valence-corrected chi connectivity index (χ1v) is 7.20. The number of hydrogen-bond donors (Lipinski definition) is 2. The summed E-state index contributed by atoms with van der Waals surface area (Å²) in [4.78, 5) is 0. The number of hydrogen-bond acceptors (Lipinski definition) is 4. The van der Waals surface area contributed by atoms with Gasteiger partial charge in [-0.25, -0.2) is 0 Å². The van der Waals surface area contributed by atoms with Crippen LogP contribution < -0.4 is 16.0 Å². The molecule has 0 spiro atoms. The topological polar surface area (TPSA) is 56.5 Å². The Hall–Kier alpha value is -1.10. The van der Waals surface area contributed by atoms with E-state index in [1.54, 1.807) is 0 Å². The highest BCUT2D eigenvalue weighted by atomic mass is 16.5. The molecule has 1 saturated heterocycles. The van der Waals surface area contributed by atoms with Crippen molar-refractivity contribution in [1.82, 2.24) is 5.43 Å². The number of fused-ring (bicyclic) bond motifs is 1. The Kier molecular flexibility index (Phi) is 4.01. The minimum Gasteiger partial charge on any atom is -0.493 e. The van der Waals surface area contributed by atoms with Crippen LogP contribution in [-0.2, 0) is 11.2 Å². The summed E-state index contributed by atoms with van der Waals surface area (Å²) in [6.07, 6.45) is 5.87. The van der Waals surface area contributed by atoms with Crippen LogP contribution in [0.3, 0.4) is 0 Å². The van der Waals surface area contributed by atoms with Crippen molar-refractivity contribution in [2.24, 2.45) is 5.84 Å². The predicted octanol–water partition coefficient (Wildman–Crippen LogP) is 2.09. The van der Waals surface area contributed by atoms with Crippen molar-refractivity contribution in [2.75, 3.05) is 13.2 Å². The Morgan fingerprint density at radius 1 is 1.32 bits per heavy atom. The molecule has 4 nitrogen and oxygen atoms in total. The van der Waals surface area contributed by atoms with Gasteiger partial charge in [0.2, 0.25) is 0 Å². The molecular weight excluding hydrogens is 240 g/mol. The Morgan fingerprint density at radius 2 is 2.26 bits per heavy atom. The molecule has 0 saturated carbocycles. The highest BCUT2D eigenvalue weighted by Crippen LogP contribution is 2.30. The minimum absolute atomic E-state index is 0.161. The van der Waals surface area contributed by atoms with Gasteiger partial charge in [0.05, 0.1) is 12.7 Å². The number of benzene rings is 1. The van der Waals surface area contributed by atoms with Gasteiger partial charge in [0.1, 0.15) is 5.75 Å². The smallest absolute Gasteiger partial charge is 0.122 e. The Morgan fingerprint density at radius 3 is 3.05 bits per heavy atom. The lowest BCUT2D eigenvalue weighted by molar-refractivity contribution is 0.00502. The summed E-state index contributed by atoms with van der Waals surface area (Å²) < 4.78 is 11.3. The predicted molar refractivity (Wildman–Crippen MR) is 73.9 cm³/mol. The lowest BCUT2D eigenvalue weighted by Gasteiger charge is -2.27. The monoisotopic (exact) mass is 262 g/mol. The van der Waals surface area contributed by atoms with Gasteiger partial charge in [0.25, 0.3) is 0 Å². The lowest BCUT2D eigenvalue weighted by Crippen LogP contribution is -2.32. The van der Waals surface area contributed by atoms with Gasteiger partial charge < -0.3 is 9.47 Å². The first-order valence-electron chi connectivity index (χ1n) is 7.20. The van der Waals surface area contributed by atoms with Crippen molar-refractivity contribution in [3.63, 3.8) is 0 Å². The summed E-state index contributed by atoms with van der Waals surface area (Å²) in [5.74, 6) is 6.75. The van der Waals surface area contributed by atoms with Crippen molar-refractivity contribution < 1.29 is 9.47 Å². The SMILES string of the molecule is NNC(CC1CCCCO1)c1ccc2c(c1)CCO2. The molecule has 1 fully saturated rings. The second kappa shape index (κ2) is 5.90. The normalized spacial score (nSPS) is 23.7. The molecule has 4 heteroatoms. The highest BCUT2D eigenvalue weighted by Gasteiger charge is 2.21. The number of hydrazine groups is 1. The third-order valence-corrected chi connectivity index (χ3v) is 4.09. The zero-order valence-electron chi connectivity index (χ0n) is 11.2. The van der Waals surface area contributed by atoms with Crippen molar-refractivity contribution in [3.05, 3.63) is 29.3 Å². The molecule has 2 atom stereocenters. The van der Waals surface area contributed by atoms with Crippen LogP contribution in [0.5, 0.6) is 5.75 Å². The van der Waals surface area contributed by atoms with Gasteiger partial charge in [-0.2, -0.15) is 0 Å². The molecule has 2 heterocycles. The third kappa shape index (κ3) is 2.91. The quantitative estimate of drug-likeness (QED) is 0.644. The summed E-state index contributed by atoms with van der Waals surface area (Å²) >= 11 is 0. The van der Waals surface area contributed by atoms with E-state index in [-0.39, 0.29) is 6.04 Å². The second-order valence-electron chi connectivity index (χ2n) is 5.41. The van der Waals surface area contributed by atoms with Gasteiger partial charge in [0.15, 0.2) is 0 Å². The molecule has 19 heavy (non-hydrogen) atoms. The number of ether oxygens (including phenoxy) is 2. The van der Waals surface area contributed by atoms with E-state index >= 15 is 0 Å². The van der Waals surface area contributed by atoms with Crippen LogP contribution in [0.2, 0.25) is 0 Å². The first-order chi connectivity index (χ1) is 9.36. The van der Waals surface area contributed by atoms with Crippen molar-refractivity contribution in [3.8, 4) is 5.75 Å². The molecule has 0 aromatic heterocycles. The second-order valence-corrected chi connectivity index (χ2v) is 5.41. The number of nitrogens with one attached hydrogen (secondary N) is 1. The van der Waals surface area contributed by atoms with E-state index < -0.39 is 0 Å². The van der Waals surface area contributed by atoms with Gasteiger partial charge in [0, 0.05) is 19.1 Å². The van der Waals surface area contributed by atoms with Gasteiger partial charge >= 0.3 is 0 Å². The summed E-state index contributed by atoms with van der Waals surface area (Å²) in [5, 5.41) is 0. The third-order valence-electron chi connectivity index (χ3n) is 4.09. The summed E-state index contributed by atoms with van der Waals surface area (Å²) in [6.45, 7) is 1.69. The van der Waals surface area contributed by atoms with Crippen molar-refractivity contribution in [1.29, 1.82) is 0 Å². The average molecular weight is 262 g/mol. The summed E-state index contributed by atoms with van der Waals surface area (Å²) in [5.41, 5.74) is 5.47. The molecule has 0 amide bonds. The van der Waals surface area contributed by atoms with Crippen LogP contribution in [0.25, 0.3) is 0 Å². The number of nitrogens with two attached hydrogens (primary N) is 1. The fourth-order valence-corrected chi connectivity index (χ4v) is 2.98. The van der Waals surface area contributed by atoms with Crippen LogP contribution in [-0.4, -0.2) is 19.3 Å². The van der Waals surface area contributed by atoms with E-state index in [4.69, 9.17) is 15.3 Å². The lowest BCUT2D eigenvalue weighted by atomic mass is 9.95. The highest BCUT2D eigenvalue weighted by molar-refractivity contribution is 5.40. The van der Waals surface area contributed by atoms with Crippen LogP contribution in [0, 0.1) is 0 Å². The molecule has 2 aliphatic heterocycles. The molecule has 1 aromatic carbocycles. The fraction of sp³-hybridized carbons (Fsp3) is 0.600. The molecule has 0 radical (unpaired) electrons. The van der Waals surface area contributed by atoms with Crippen LogP contribution in [0.15, 0.2) is 18.2 Å². The van der Waals surface area contributed by atoms with Gasteiger partial charge in [-0.1, -0.05) is 12.1 Å². The molecule has 0 bridgehead atoms. The van der Waals surface area contributed by atoms with Crippen LogP contribution in [0.4, 0.5) is 0 Å². The maximum Gasteiger partial charge on any atom is 0.122 e. The average Bonchev–Trinajstić information content (AvgIpc) is 2.93. The molecule has 3 N–H and O–H groups in total. The molecule has 2 aliphatic rings. The van der Waals surface area contributed by atoms with E-state index in [2.05, 4.69) is 23.6 Å². The molecular formula is C15H22N2O2. The molecule has 0 aliphatic carbocycles. The van der Waals surface area contributed by atoms with E-state index in [1.807, 2.05) is 0 Å². The Balaban J connectivity index is 1.70. The zero-order valence-corrected chi connectivity index (χ0v) is 11.2. The number of rotatable bonds is 4. The summed E-state index contributed by atoms with van der Waals surface area (Å²) in [6, 6.07) is 6.55. The molecule has 2 unspecified atom stereocenters. The van der Waals surface area contributed by atoms with Crippen LogP contribution in [0.1, 0.15) is 42.9 Å². The van der Waals surface area contributed by atoms with Gasteiger partial charge in [-0.05, 0) is 42.9 Å². The molecule has 3 rings (SSSR count). The van der Waals surface area contributed by atoms with E-state index in [1.165, 1.54) is 24.0 Å². The van der Waals surface area contributed by atoms with E-state index in [0.29, 0.717) is 6.10 Å². The van der Waals surface area contributed by atoms with Crippen molar-refractivity contribution >= 4 is 0 Å². The first kappa shape index (κ1) is 12.9. The largest absolute Gasteiger partial charge is 0.493 e. The van der Waals surface area contributed by atoms with E-state index in [0.717, 1.165) is 38.2 Å². The maximum absolute atomic E-state index is 5.80. The van der Waals surface area contributed by atoms with Gasteiger partial charge in [-0.15, -0.1) is 0 Å². The van der Waals surface area contributed by atoms with E-state index in [9.17, 15) is 0 Å². The molecule has 104 valence electrons. The van der Waals surface area contributed by atoms with Crippen molar-refractivity contribution in [2.45, 2.75) is 44.2 Å². The van der Waals surface area contributed by atoms with Gasteiger partial charge in [-0.3, -0.25) is 11.3 Å². The minimum atomic E-state index is 0.161. The maximum atomic E-state index is 5.80.